The summed E-state index contributed by atoms with van der Waals surface area (Å²) < 4.78 is 12.3. The molecule has 142 valence electrons. The molecule has 0 radical (unpaired) electrons. The number of esters is 1. The number of hydrogen-bond donors (Lipinski definition) is 1. The molecule has 0 aliphatic rings. The lowest BCUT2D eigenvalue weighted by atomic mass is 10.2. The average Bonchev–Trinajstić information content (AvgIpc) is 3.10. The lowest BCUT2D eigenvalue weighted by Crippen LogP contribution is -2.35. The number of nitriles is 1. The number of rotatable bonds is 7. The van der Waals surface area contributed by atoms with Crippen molar-refractivity contribution in [3.05, 3.63) is 42.1 Å². The van der Waals surface area contributed by atoms with Crippen LogP contribution in [0.4, 0.5) is 5.82 Å². The van der Waals surface area contributed by atoms with Gasteiger partial charge in [-0.05, 0) is 52.0 Å². The monoisotopic (exact) mass is 370 g/mol. The van der Waals surface area contributed by atoms with Crippen LogP contribution in [0.25, 0.3) is 0 Å². The minimum absolute atomic E-state index is 0.0778. The number of aromatic nitrogens is 2. The quantitative estimate of drug-likeness (QED) is 0.751. The molecule has 0 spiro atoms. The number of anilines is 1. The van der Waals surface area contributed by atoms with Gasteiger partial charge in [0.2, 0.25) is 0 Å². The summed E-state index contributed by atoms with van der Waals surface area (Å²) in [6.07, 6.45) is -0.325. The van der Waals surface area contributed by atoms with Crippen molar-refractivity contribution in [1.82, 2.24) is 9.78 Å². The Morgan fingerprint density at radius 2 is 1.78 bits per heavy atom. The standard InChI is InChI=1S/C19H22N4O4/c1-12(2)23-17(9-10-21-23)22-18(24)13(3)27-19(25)14(4)26-16-7-5-15(11-20)6-8-16/h5-10,12-14H,1-4H3,(H,22,24)/t13-,14+/m1/s1. The fraction of sp³-hybridized carbons (Fsp3) is 0.368. The Hall–Kier alpha value is -3.34. The van der Waals surface area contributed by atoms with Crippen LogP contribution < -0.4 is 10.1 Å². The summed E-state index contributed by atoms with van der Waals surface area (Å²) >= 11 is 0. The highest BCUT2D eigenvalue weighted by atomic mass is 16.6. The Bertz CT molecular complexity index is 836. The molecule has 27 heavy (non-hydrogen) atoms. The van der Waals surface area contributed by atoms with Crippen molar-refractivity contribution < 1.29 is 19.1 Å². The van der Waals surface area contributed by atoms with Crippen LogP contribution >= 0.6 is 0 Å². The summed E-state index contributed by atoms with van der Waals surface area (Å²) in [4.78, 5) is 24.4. The summed E-state index contributed by atoms with van der Waals surface area (Å²) in [6.45, 7) is 6.89. The van der Waals surface area contributed by atoms with Gasteiger partial charge in [-0.1, -0.05) is 0 Å². The Labute approximate surface area is 157 Å². The van der Waals surface area contributed by atoms with Crippen LogP contribution in [0.2, 0.25) is 0 Å². The number of amides is 1. The molecule has 0 aliphatic carbocycles. The highest BCUT2D eigenvalue weighted by Crippen LogP contribution is 2.15. The first-order chi connectivity index (χ1) is 12.8. The molecular formula is C19H22N4O4. The Balaban J connectivity index is 1.90. The van der Waals surface area contributed by atoms with E-state index in [4.69, 9.17) is 14.7 Å². The van der Waals surface area contributed by atoms with Crippen LogP contribution in [-0.2, 0) is 14.3 Å². The number of carbonyl (C=O) groups excluding carboxylic acids is 2. The highest BCUT2D eigenvalue weighted by molar-refractivity contribution is 5.94. The van der Waals surface area contributed by atoms with Crippen molar-refractivity contribution in [2.75, 3.05) is 5.32 Å². The number of carbonyl (C=O) groups is 2. The van der Waals surface area contributed by atoms with Gasteiger partial charge in [-0.15, -0.1) is 0 Å². The Morgan fingerprint density at radius 1 is 1.11 bits per heavy atom. The minimum Gasteiger partial charge on any atom is -0.479 e. The fourth-order valence-corrected chi connectivity index (χ4v) is 2.24. The van der Waals surface area contributed by atoms with Crippen LogP contribution in [0, 0.1) is 11.3 Å². The first-order valence-electron chi connectivity index (χ1n) is 8.53. The summed E-state index contributed by atoms with van der Waals surface area (Å²) in [5, 5.41) is 15.6. The largest absolute Gasteiger partial charge is 0.479 e. The summed E-state index contributed by atoms with van der Waals surface area (Å²) in [6, 6.07) is 10.1. The lowest BCUT2D eigenvalue weighted by Gasteiger charge is -2.18. The molecule has 1 amide bonds. The minimum atomic E-state index is -1.000. The molecule has 2 atom stereocenters. The van der Waals surface area contributed by atoms with Crippen LogP contribution in [0.1, 0.15) is 39.3 Å². The third-order valence-corrected chi connectivity index (χ3v) is 3.70. The van der Waals surface area contributed by atoms with E-state index in [9.17, 15) is 9.59 Å². The topological polar surface area (TPSA) is 106 Å². The van der Waals surface area contributed by atoms with Gasteiger partial charge in [-0.25, -0.2) is 9.48 Å². The van der Waals surface area contributed by atoms with E-state index in [2.05, 4.69) is 10.4 Å². The van der Waals surface area contributed by atoms with Gasteiger partial charge < -0.3 is 14.8 Å². The van der Waals surface area contributed by atoms with Crippen LogP contribution in [0.15, 0.2) is 36.5 Å². The molecule has 2 rings (SSSR count). The second-order valence-corrected chi connectivity index (χ2v) is 6.22. The van der Waals surface area contributed by atoms with E-state index < -0.39 is 24.1 Å². The van der Waals surface area contributed by atoms with Crippen molar-refractivity contribution in [2.24, 2.45) is 0 Å². The van der Waals surface area contributed by atoms with E-state index in [-0.39, 0.29) is 6.04 Å². The van der Waals surface area contributed by atoms with E-state index in [0.29, 0.717) is 17.1 Å². The number of hydrogen-bond acceptors (Lipinski definition) is 6. The molecule has 1 aromatic heterocycles. The lowest BCUT2D eigenvalue weighted by molar-refractivity contribution is -0.159. The second-order valence-electron chi connectivity index (χ2n) is 6.22. The molecule has 8 nitrogen and oxygen atoms in total. The number of ether oxygens (including phenoxy) is 2. The molecule has 0 saturated heterocycles. The maximum Gasteiger partial charge on any atom is 0.347 e. The third-order valence-electron chi connectivity index (χ3n) is 3.70. The van der Waals surface area contributed by atoms with Crippen LogP contribution in [-0.4, -0.2) is 33.9 Å². The van der Waals surface area contributed by atoms with Crippen molar-refractivity contribution in [2.45, 2.75) is 45.9 Å². The zero-order valence-electron chi connectivity index (χ0n) is 15.7. The molecule has 0 aliphatic heterocycles. The molecule has 0 fully saturated rings. The first kappa shape index (κ1) is 20.0. The van der Waals surface area contributed by atoms with E-state index in [1.165, 1.54) is 13.8 Å². The molecule has 1 aromatic carbocycles. The second kappa shape index (κ2) is 8.85. The van der Waals surface area contributed by atoms with Crippen molar-refractivity contribution in [3.63, 3.8) is 0 Å². The van der Waals surface area contributed by atoms with Gasteiger partial charge in [0, 0.05) is 12.1 Å². The fourth-order valence-electron chi connectivity index (χ4n) is 2.24. The van der Waals surface area contributed by atoms with Crippen LogP contribution in [0.5, 0.6) is 5.75 Å². The zero-order valence-corrected chi connectivity index (χ0v) is 15.7. The van der Waals surface area contributed by atoms with Gasteiger partial charge in [0.15, 0.2) is 12.2 Å². The molecule has 8 heteroatoms. The molecule has 2 aromatic rings. The van der Waals surface area contributed by atoms with Gasteiger partial charge in [-0.3, -0.25) is 4.79 Å². The third kappa shape index (κ3) is 5.31. The van der Waals surface area contributed by atoms with Gasteiger partial charge in [0.05, 0.1) is 17.8 Å². The molecule has 1 N–H and O–H groups in total. The van der Waals surface area contributed by atoms with Crippen molar-refractivity contribution in [3.8, 4) is 11.8 Å². The van der Waals surface area contributed by atoms with Gasteiger partial charge in [-0.2, -0.15) is 10.4 Å². The highest BCUT2D eigenvalue weighted by Gasteiger charge is 2.24. The van der Waals surface area contributed by atoms with Crippen molar-refractivity contribution >= 4 is 17.7 Å². The van der Waals surface area contributed by atoms with Crippen LogP contribution in [0.3, 0.4) is 0 Å². The predicted octanol–water partition coefficient (Wildman–Crippen LogP) is 2.67. The smallest absolute Gasteiger partial charge is 0.347 e. The van der Waals surface area contributed by atoms with E-state index in [1.807, 2.05) is 19.9 Å². The first-order valence-corrected chi connectivity index (χ1v) is 8.53. The molecule has 0 saturated carbocycles. The van der Waals surface area contributed by atoms with Gasteiger partial charge in [0.25, 0.3) is 5.91 Å². The Morgan fingerprint density at radius 3 is 2.37 bits per heavy atom. The SMILES string of the molecule is CC(C)n1nccc1NC(=O)[C@@H](C)OC(=O)[C@H](C)Oc1ccc(C#N)cc1. The molecular weight excluding hydrogens is 348 g/mol. The predicted molar refractivity (Wildman–Crippen MR) is 98.0 cm³/mol. The maximum absolute atomic E-state index is 12.3. The summed E-state index contributed by atoms with van der Waals surface area (Å²) in [5.74, 6) is -0.174. The Kier molecular flexibility index (Phi) is 6.55. The van der Waals surface area contributed by atoms with Crippen molar-refractivity contribution in [1.29, 1.82) is 5.26 Å². The normalized spacial score (nSPS) is 12.7. The molecule has 0 unspecified atom stereocenters. The number of benzene rings is 1. The van der Waals surface area contributed by atoms with Gasteiger partial charge >= 0.3 is 5.97 Å². The van der Waals surface area contributed by atoms with E-state index >= 15 is 0 Å². The molecule has 0 bridgehead atoms. The average molecular weight is 370 g/mol. The van der Waals surface area contributed by atoms with E-state index in [1.54, 1.807) is 41.2 Å². The number of nitrogens with zero attached hydrogens (tertiary/aromatic N) is 3. The zero-order chi connectivity index (χ0) is 20.0. The molecule has 1 heterocycles. The summed E-state index contributed by atoms with van der Waals surface area (Å²) in [7, 11) is 0. The van der Waals surface area contributed by atoms with E-state index in [0.717, 1.165) is 0 Å². The van der Waals surface area contributed by atoms with Gasteiger partial charge in [0.1, 0.15) is 11.6 Å². The summed E-state index contributed by atoms with van der Waals surface area (Å²) in [5.41, 5.74) is 0.489. The number of nitrogens with one attached hydrogen (secondary N) is 1. The maximum atomic E-state index is 12.3.